The summed E-state index contributed by atoms with van der Waals surface area (Å²) in [6, 6.07) is 9.56. The number of methoxy groups -OCH3 is 1. The first-order chi connectivity index (χ1) is 11.7. The van der Waals surface area contributed by atoms with Crippen molar-refractivity contribution in [1.29, 1.82) is 0 Å². The molecule has 1 aliphatic rings. The van der Waals surface area contributed by atoms with Crippen molar-refractivity contribution in [1.82, 2.24) is 9.80 Å². The average Bonchev–Trinajstić information content (AvgIpc) is 2.85. The van der Waals surface area contributed by atoms with Crippen LogP contribution >= 0.6 is 0 Å². The fourth-order valence-electron chi connectivity index (χ4n) is 3.18. The highest BCUT2D eigenvalue weighted by Gasteiger charge is 2.39. The monoisotopic (exact) mass is 346 g/mol. The van der Waals surface area contributed by atoms with E-state index in [1.54, 1.807) is 7.11 Å². The Kier molecular flexibility index (Phi) is 5.88. The molecule has 138 valence electrons. The summed E-state index contributed by atoms with van der Waals surface area (Å²) >= 11 is 0. The van der Waals surface area contributed by atoms with Gasteiger partial charge in [-0.1, -0.05) is 51.1 Å². The van der Waals surface area contributed by atoms with Crippen LogP contribution in [0, 0.1) is 5.41 Å². The van der Waals surface area contributed by atoms with Crippen molar-refractivity contribution in [2.75, 3.05) is 33.3 Å². The van der Waals surface area contributed by atoms with Gasteiger partial charge in [0, 0.05) is 38.7 Å². The van der Waals surface area contributed by atoms with Crippen LogP contribution in [0.1, 0.15) is 39.7 Å². The summed E-state index contributed by atoms with van der Waals surface area (Å²) in [7, 11) is 1.57. The van der Waals surface area contributed by atoms with Gasteiger partial charge in [-0.05, 0) is 18.9 Å². The normalized spacial score (nSPS) is 18.4. The molecule has 1 atom stereocenters. The van der Waals surface area contributed by atoms with E-state index in [0.717, 1.165) is 12.0 Å². The van der Waals surface area contributed by atoms with Crippen molar-refractivity contribution >= 4 is 11.8 Å². The fourth-order valence-corrected chi connectivity index (χ4v) is 3.18. The topological polar surface area (TPSA) is 49.9 Å². The van der Waals surface area contributed by atoms with Gasteiger partial charge >= 0.3 is 0 Å². The van der Waals surface area contributed by atoms with Gasteiger partial charge in [-0.25, -0.2) is 0 Å². The molecule has 0 radical (unpaired) electrons. The lowest BCUT2D eigenvalue weighted by Gasteiger charge is -2.33. The van der Waals surface area contributed by atoms with Crippen LogP contribution in [0.2, 0.25) is 0 Å². The lowest BCUT2D eigenvalue weighted by molar-refractivity contribution is -0.154. The van der Waals surface area contributed by atoms with Crippen LogP contribution in [0.25, 0.3) is 0 Å². The summed E-state index contributed by atoms with van der Waals surface area (Å²) in [5.74, 6) is 0.0885. The van der Waals surface area contributed by atoms with E-state index in [1.807, 2.05) is 67.8 Å². The van der Waals surface area contributed by atoms with Gasteiger partial charge in [0.05, 0.1) is 0 Å². The minimum atomic E-state index is -1.01. The summed E-state index contributed by atoms with van der Waals surface area (Å²) < 4.78 is 5.64. The van der Waals surface area contributed by atoms with E-state index in [-0.39, 0.29) is 11.8 Å². The van der Waals surface area contributed by atoms with Crippen LogP contribution in [-0.2, 0) is 19.9 Å². The van der Waals surface area contributed by atoms with Crippen molar-refractivity contribution < 1.29 is 14.3 Å². The van der Waals surface area contributed by atoms with E-state index < -0.39 is 11.0 Å². The smallest absolute Gasteiger partial charge is 0.259 e. The van der Waals surface area contributed by atoms with Crippen molar-refractivity contribution in [2.45, 2.75) is 39.7 Å². The summed E-state index contributed by atoms with van der Waals surface area (Å²) in [5, 5.41) is 0. The first kappa shape index (κ1) is 19.4. The maximum atomic E-state index is 13.2. The first-order valence-corrected chi connectivity index (χ1v) is 8.89. The number of carbonyl (C=O) groups is 2. The predicted molar refractivity (Wildman–Crippen MR) is 98.0 cm³/mol. The standard InChI is InChI=1S/C20H30N2O3/c1-19(2,3)17(23)21-12-9-13-22(15-14-21)18(24)20(4,25-5)16-10-7-6-8-11-16/h6-8,10-11H,9,12-15H2,1-5H3/t20-/m0/s1. The lowest BCUT2D eigenvalue weighted by Crippen LogP contribution is -2.48. The van der Waals surface area contributed by atoms with Gasteiger partial charge in [0.2, 0.25) is 5.91 Å². The Morgan fingerprint density at radius 3 is 1.88 bits per heavy atom. The van der Waals surface area contributed by atoms with Crippen LogP contribution in [0.3, 0.4) is 0 Å². The third-order valence-electron chi connectivity index (χ3n) is 4.85. The highest BCUT2D eigenvalue weighted by molar-refractivity contribution is 5.86. The zero-order valence-electron chi connectivity index (χ0n) is 16.0. The van der Waals surface area contributed by atoms with Gasteiger partial charge in [0.15, 0.2) is 5.60 Å². The quantitative estimate of drug-likeness (QED) is 0.845. The van der Waals surface area contributed by atoms with E-state index in [1.165, 1.54) is 0 Å². The molecule has 0 aromatic heterocycles. The highest BCUT2D eigenvalue weighted by Crippen LogP contribution is 2.28. The maximum Gasteiger partial charge on any atom is 0.259 e. The molecule has 0 N–H and O–H groups in total. The number of benzene rings is 1. The zero-order chi connectivity index (χ0) is 18.7. The third-order valence-corrected chi connectivity index (χ3v) is 4.85. The van der Waals surface area contributed by atoms with Crippen LogP contribution < -0.4 is 0 Å². The molecule has 1 aliphatic heterocycles. The van der Waals surface area contributed by atoms with Gasteiger partial charge in [-0.15, -0.1) is 0 Å². The molecule has 1 fully saturated rings. The number of rotatable bonds is 3. The number of nitrogens with zero attached hydrogens (tertiary/aromatic N) is 2. The molecule has 25 heavy (non-hydrogen) atoms. The van der Waals surface area contributed by atoms with E-state index in [9.17, 15) is 9.59 Å². The fraction of sp³-hybridized carbons (Fsp3) is 0.600. The number of carbonyl (C=O) groups excluding carboxylic acids is 2. The van der Waals surface area contributed by atoms with Crippen molar-refractivity contribution in [3.8, 4) is 0 Å². The second-order valence-corrected chi connectivity index (χ2v) is 7.79. The lowest BCUT2D eigenvalue weighted by atomic mass is 9.94. The second-order valence-electron chi connectivity index (χ2n) is 7.79. The Balaban J connectivity index is 2.14. The third kappa shape index (κ3) is 4.21. The summed E-state index contributed by atoms with van der Waals surface area (Å²) in [5.41, 5.74) is -0.566. The average molecular weight is 346 g/mol. The van der Waals surface area contributed by atoms with Gasteiger partial charge < -0.3 is 14.5 Å². The maximum absolute atomic E-state index is 13.2. The Labute approximate surface area is 150 Å². The minimum Gasteiger partial charge on any atom is -0.364 e. The molecule has 1 heterocycles. The van der Waals surface area contributed by atoms with Crippen molar-refractivity contribution in [3.63, 3.8) is 0 Å². The Bertz CT molecular complexity index is 609. The molecule has 0 bridgehead atoms. The van der Waals surface area contributed by atoms with Crippen molar-refractivity contribution in [2.24, 2.45) is 5.41 Å². The van der Waals surface area contributed by atoms with E-state index >= 15 is 0 Å². The zero-order valence-corrected chi connectivity index (χ0v) is 16.0. The molecule has 0 saturated carbocycles. The van der Waals surface area contributed by atoms with Gasteiger partial charge in [-0.2, -0.15) is 0 Å². The highest BCUT2D eigenvalue weighted by atomic mass is 16.5. The molecule has 1 aromatic rings. The van der Waals surface area contributed by atoms with Crippen LogP contribution in [0.15, 0.2) is 30.3 Å². The molecule has 0 spiro atoms. The second kappa shape index (κ2) is 7.56. The van der Waals surface area contributed by atoms with Gasteiger partial charge in [0.25, 0.3) is 5.91 Å². The van der Waals surface area contributed by atoms with Gasteiger partial charge in [0.1, 0.15) is 0 Å². The number of hydrogen-bond acceptors (Lipinski definition) is 3. The number of hydrogen-bond donors (Lipinski definition) is 0. The Hall–Kier alpha value is -1.88. The van der Waals surface area contributed by atoms with E-state index in [0.29, 0.717) is 26.2 Å². The number of amides is 2. The summed E-state index contributed by atoms with van der Waals surface area (Å²) in [4.78, 5) is 29.4. The largest absolute Gasteiger partial charge is 0.364 e. The molecule has 0 aliphatic carbocycles. The van der Waals surface area contributed by atoms with Gasteiger partial charge in [-0.3, -0.25) is 9.59 Å². The summed E-state index contributed by atoms with van der Waals surface area (Å²) in [6.45, 7) is 10.0. The number of ether oxygens (including phenoxy) is 1. The minimum absolute atomic E-state index is 0.0498. The summed E-state index contributed by atoms with van der Waals surface area (Å²) in [6.07, 6.45) is 0.780. The molecular formula is C20H30N2O3. The molecule has 1 saturated heterocycles. The van der Waals surface area contributed by atoms with E-state index in [2.05, 4.69) is 0 Å². The van der Waals surface area contributed by atoms with E-state index in [4.69, 9.17) is 4.74 Å². The molecule has 1 aromatic carbocycles. The first-order valence-electron chi connectivity index (χ1n) is 8.89. The molecular weight excluding hydrogens is 316 g/mol. The molecule has 0 unspecified atom stereocenters. The Morgan fingerprint density at radius 2 is 1.40 bits per heavy atom. The molecule has 2 amide bonds. The van der Waals surface area contributed by atoms with Crippen molar-refractivity contribution in [3.05, 3.63) is 35.9 Å². The molecule has 5 heteroatoms. The Morgan fingerprint density at radius 1 is 0.880 bits per heavy atom. The molecule has 5 nitrogen and oxygen atoms in total. The SMILES string of the molecule is CO[C@](C)(C(=O)N1CCCN(C(=O)C(C)(C)C)CC1)c1ccccc1. The predicted octanol–water partition coefficient (Wildman–Crippen LogP) is 2.66. The molecule has 2 rings (SSSR count). The van der Waals surface area contributed by atoms with Crippen LogP contribution in [0.4, 0.5) is 0 Å². The van der Waals surface area contributed by atoms with Crippen LogP contribution in [-0.4, -0.2) is 54.9 Å². The van der Waals surface area contributed by atoms with Crippen LogP contribution in [0.5, 0.6) is 0 Å².